The summed E-state index contributed by atoms with van der Waals surface area (Å²) in [6.07, 6.45) is -0.000713. The van der Waals surface area contributed by atoms with Crippen molar-refractivity contribution in [1.29, 1.82) is 0 Å². The van der Waals surface area contributed by atoms with E-state index in [0.29, 0.717) is 6.61 Å². The van der Waals surface area contributed by atoms with Crippen molar-refractivity contribution in [3.05, 3.63) is 58.7 Å². The Kier molecular flexibility index (Phi) is 4.48. The van der Waals surface area contributed by atoms with Gasteiger partial charge in [0.15, 0.2) is 0 Å². The van der Waals surface area contributed by atoms with Crippen LogP contribution < -0.4 is 10.5 Å². The molecule has 0 radical (unpaired) electrons. The van der Waals surface area contributed by atoms with Gasteiger partial charge in [-0.3, -0.25) is 4.79 Å². The maximum Gasteiger partial charge on any atom is 0.307 e. The number of nitrogens with two attached hydrogens (primary N) is 1. The summed E-state index contributed by atoms with van der Waals surface area (Å²) in [5.74, 6) is -0.0752. The molecule has 2 aromatic rings. The monoisotopic (exact) mass is 285 g/mol. The molecule has 0 unspecified atom stereocenters. The quantitative estimate of drug-likeness (QED) is 0.828. The molecule has 2 rings (SSSR count). The van der Waals surface area contributed by atoms with Gasteiger partial charge in [-0.25, -0.2) is 0 Å². The van der Waals surface area contributed by atoms with Crippen molar-refractivity contribution in [2.24, 2.45) is 0 Å². The van der Waals surface area contributed by atoms with E-state index in [9.17, 15) is 4.79 Å². The molecular weight excluding hydrogens is 266 g/mol. The molecule has 21 heavy (non-hydrogen) atoms. The summed E-state index contributed by atoms with van der Waals surface area (Å²) in [7, 11) is 0. The van der Waals surface area contributed by atoms with Crippen molar-refractivity contribution < 1.29 is 14.6 Å². The molecule has 0 bridgehead atoms. The number of nitrogen functional groups attached to an aromatic ring is 1. The largest absolute Gasteiger partial charge is 0.489 e. The average Bonchev–Trinajstić information content (AvgIpc) is 2.42. The number of carbonyl (C=O) groups is 1. The van der Waals surface area contributed by atoms with E-state index in [-0.39, 0.29) is 6.42 Å². The Hall–Kier alpha value is -2.49. The first-order valence-electron chi connectivity index (χ1n) is 6.75. The second-order valence-corrected chi connectivity index (χ2v) is 5.10. The standard InChI is InChI=1S/C17H19NO3/c1-11-8-16(12(2)7-15(11)18)21-10-14-6-4-3-5-13(14)9-17(19)20/h3-8H,9-10,18H2,1-2H3,(H,19,20). The van der Waals surface area contributed by atoms with Gasteiger partial charge in [-0.1, -0.05) is 24.3 Å². The number of hydrogen-bond donors (Lipinski definition) is 2. The minimum atomic E-state index is -0.845. The van der Waals surface area contributed by atoms with Crippen LogP contribution >= 0.6 is 0 Å². The Bertz CT molecular complexity index is 665. The van der Waals surface area contributed by atoms with Gasteiger partial charge in [0.25, 0.3) is 0 Å². The van der Waals surface area contributed by atoms with Crippen molar-refractivity contribution >= 4 is 11.7 Å². The first-order chi connectivity index (χ1) is 9.97. The second-order valence-electron chi connectivity index (χ2n) is 5.10. The Balaban J connectivity index is 2.17. The summed E-state index contributed by atoms with van der Waals surface area (Å²) in [6, 6.07) is 11.2. The summed E-state index contributed by atoms with van der Waals surface area (Å²) < 4.78 is 5.83. The summed E-state index contributed by atoms with van der Waals surface area (Å²) >= 11 is 0. The molecule has 4 nitrogen and oxygen atoms in total. The predicted molar refractivity (Wildman–Crippen MR) is 82.4 cm³/mol. The Morgan fingerprint density at radius 3 is 2.48 bits per heavy atom. The zero-order valence-electron chi connectivity index (χ0n) is 12.2. The zero-order valence-corrected chi connectivity index (χ0v) is 12.2. The molecule has 0 aliphatic heterocycles. The van der Waals surface area contributed by atoms with Gasteiger partial charge in [-0.15, -0.1) is 0 Å². The fourth-order valence-electron chi connectivity index (χ4n) is 2.16. The third-order valence-electron chi connectivity index (χ3n) is 3.41. The highest BCUT2D eigenvalue weighted by Gasteiger charge is 2.08. The van der Waals surface area contributed by atoms with E-state index in [1.54, 1.807) is 0 Å². The van der Waals surface area contributed by atoms with Gasteiger partial charge < -0.3 is 15.6 Å². The van der Waals surface area contributed by atoms with Crippen LogP contribution in [0.15, 0.2) is 36.4 Å². The number of aryl methyl sites for hydroxylation is 2. The topological polar surface area (TPSA) is 72.5 Å². The SMILES string of the molecule is Cc1cc(OCc2ccccc2CC(=O)O)c(C)cc1N. The lowest BCUT2D eigenvalue weighted by molar-refractivity contribution is -0.136. The van der Waals surface area contributed by atoms with Crippen LogP contribution in [0.5, 0.6) is 5.75 Å². The van der Waals surface area contributed by atoms with Crippen molar-refractivity contribution in [2.75, 3.05) is 5.73 Å². The molecule has 110 valence electrons. The van der Waals surface area contributed by atoms with Crippen LogP contribution in [-0.4, -0.2) is 11.1 Å². The first kappa shape index (κ1) is 14.9. The van der Waals surface area contributed by atoms with Gasteiger partial charge in [0.05, 0.1) is 6.42 Å². The maximum absolute atomic E-state index is 10.9. The molecule has 0 amide bonds. The first-order valence-corrected chi connectivity index (χ1v) is 6.75. The number of ether oxygens (including phenoxy) is 1. The van der Waals surface area contributed by atoms with E-state index in [1.807, 2.05) is 50.2 Å². The maximum atomic E-state index is 10.9. The van der Waals surface area contributed by atoms with E-state index in [4.69, 9.17) is 15.6 Å². The normalized spacial score (nSPS) is 10.4. The molecular formula is C17H19NO3. The lowest BCUT2D eigenvalue weighted by atomic mass is 10.1. The highest BCUT2D eigenvalue weighted by atomic mass is 16.5. The third kappa shape index (κ3) is 3.75. The highest BCUT2D eigenvalue weighted by Crippen LogP contribution is 2.25. The summed E-state index contributed by atoms with van der Waals surface area (Å²) in [4.78, 5) is 10.9. The van der Waals surface area contributed by atoms with Crippen LogP contribution in [0.2, 0.25) is 0 Å². The molecule has 0 aliphatic rings. The molecule has 2 aromatic carbocycles. The molecule has 4 heteroatoms. The van der Waals surface area contributed by atoms with E-state index in [2.05, 4.69) is 0 Å². The van der Waals surface area contributed by atoms with Crippen LogP contribution in [0.4, 0.5) is 5.69 Å². The summed E-state index contributed by atoms with van der Waals surface area (Å²) in [5.41, 5.74) is 10.2. The third-order valence-corrected chi connectivity index (χ3v) is 3.41. The lowest BCUT2D eigenvalue weighted by Gasteiger charge is -2.13. The molecule has 3 N–H and O–H groups in total. The Labute approximate surface area is 124 Å². The predicted octanol–water partition coefficient (Wildman–Crippen LogP) is 3.09. The van der Waals surface area contributed by atoms with Crippen LogP contribution in [0.3, 0.4) is 0 Å². The number of hydrogen-bond acceptors (Lipinski definition) is 3. The molecule has 0 heterocycles. The molecule has 0 saturated carbocycles. The van der Waals surface area contributed by atoms with Gasteiger partial charge in [0, 0.05) is 5.69 Å². The molecule has 0 aromatic heterocycles. The molecule has 0 aliphatic carbocycles. The van der Waals surface area contributed by atoms with Gasteiger partial charge in [0.2, 0.25) is 0 Å². The Morgan fingerprint density at radius 2 is 1.81 bits per heavy atom. The molecule has 0 saturated heterocycles. The molecule has 0 fully saturated rings. The zero-order chi connectivity index (χ0) is 15.4. The average molecular weight is 285 g/mol. The van der Waals surface area contributed by atoms with Gasteiger partial charge in [-0.2, -0.15) is 0 Å². The van der Waals surface area contributed by atoms with Crippen molar-refractivity contribution in [3.8, 4) is 5.75 Å². The van der Waals surface area contributed by atoms with Crippen LogP contribution in [0.25, 0.3) is 0 Å². The van der Waals surface area contributed by atoms with E-state index in [1.165, 1.54) is 0 Å². The number of rotatable bonds is 5. The second kappa shape index (κ2) is 6.31. The van der Waals surface area contributed by atoms with Crippen LogP contribution in [-0.2, 0) is 17.8 Å². The summed E-state index contributed by atoms with van der Waals surface area (Å²) in [5, 5.41) is 8.93. The minimum Gasteiger partial charge on any atom is -0.489 e. The van der Waals surface area contributed by atoms with Gasteiger partial charge in [-0.05, 0) is 48.2 Å². The van der Waals surface area contributed by atoms with E-state index >= 15 is 0 Å². The van der Waals surface area contributed by atoms with Crippen LogP contribution in [0.1, 0.15) is 22.3 Å². The molecule has 0 spiro atoms. The number of benzene rings is 2. The fourth-order valence-corrected chi connectivity index (χ4v) is 2.16. The number of anilines is 1. The van der Waals surface area contributed by atoms with Crippen molar-refractivity contribution in [2.45, 2.75) is 26.9 Å². The van der Waals surface area contributed by atoms with E-state index in [0.717, 1.165) is 33.7 Å². The minimum absolute atomic E-state index is 0.000713. The fraction of sp³-hybridized carbons (Fsp3) is 0.235. The van der Waals surface area contributed by atoms with Crippen molar-refractivity contribution in [3.63, 3.8) is 0 Å². The molecule has 0 atom stereocenters. The van der Waals surface area contributed by atoms with Crippen molar-refractivity contribution in [1.82, 2.24) is 0 Å². The van der Waals surface area contributed by atoms with Crippen LogP contribution in [0, 0.1) is 13.8 Å². The highest BCUT2D eigenvalue weighted by molar-refractivity contribution is 5.70. The number of aliphatic carboxylic acids is 1. The van der Waals surface area contributed by atoms with Gasteiger partial charge >= 0.3 is 5.97 Å². The summed E-state index contributed by atoms with van der Waals surface area (Å²) in [6.45, 7) is 4.21. The lowest BCUT2D eigenvalue weighted by Crippen LogP contribution is -2.06. The van der Waals surface area contributed by atoms with E-state index < -0.39 is 5.97 Å². The Morgan fingerprint density at radius 1 is 1.14 bits per heavy atom. The van der Waals surface area contributed by atoms with Gasteiger partial charge in [0.1, 0.15) is 12.4 Å². The smallest absolute Gasteiger partial charge is 0.307 e. The number of carboxylic acid groups (broad SMARTS) is 1. The number of carboxylic acids is 1.